The van der Waals surface area contributed by atoms with Gasteiger partial charge in [-0.05, 0) is 45.6 Å². The van der Waals surface area contributed by atoms with Crippen LogP contribution >= 0.6 is 0 Å². The molecule has 0 spiro atoms. The largest absolute Gasteiger partial charge is 1.00 e. The molecule has 0 saturated heterocycles. The van der Waals surface area contributed by atoms with Crippen molar-refractivity contribution in [2.45, 2.75) is 40.0 Å². The Hall–Kier alpha value is -1.06. The molecule has 0 radical (unpaired) electrons. The molecule has 0 aromatic heterocycles. The van der Waals surface area contributed by atoms with Gasteiger partial charge in [-0.25, -0.2) is 0 Å². The fraction of sp³-hybridized carbons (Fsp3) is 0.524. The van der Waals surface area contributed by atoms with E-state index in [-0.39, 0.29) is 17.0 Å². The maximum atomic E-state index is 6.34. The summed E-state index contributed by atoms with van der Waals surface area (Å²) in [6.07, 6.45) is 7.82. The molecule has 0 amide bonds. The van der Waals surface area contributed by atoms with Crippen molar-refractivity contribution in [2.24, 2.45) is 0 Å². The van der Waals surface area contributed by atoms with E-state index in [0.717, 1.165) is 55.7 Å². The Labute approximate surface area is 158 Å². The lowest BCUT2D eigenvalue weighted by molar-refractivity contribution is -0.906. The number of allylic oxidation sites excluding steroid dienone is 3. The summed E-state index contributed by atoms with van der Waals surface area (Å²) in [5.41, 5.74) is 3.96. The van der Waals surface area contributed by atoms with Gasteiger partial charge in [0.15, 0.2) is 0 Å². The van der Waals surface area contributed by atoms with Crippen molar-refractivity contribution in [1.82, 2.24) is 0 Å². The Kier molecular flexibility index (Phi) is 8.79. The van der Waals surface area contributed by atoms with Crippen LogP contribution in [0.1, 0.15) is 44.2 Å². The lowest BCUT2D eigenvalue weighted by Crippen LogP contribution is -3.00. The number of hydrogen-bond acceptors (Lipinski definition) is 1. The Bertz CT molecular complexity index is 556. The third-order valence-electron chi connectivity index (χ3n) is 5.18. The monoisotopic (exact) mass is 393 g/mol. The highest BCUT2D eigenvalue weighted by Gasteiger charge is 2.18. The zero-order valence-electron chi connectivity index (χ0n) is 15.6. The van der Waals surface area contributed by atoms with Crippen molar-refractivity contribution in [3.05, 3.63) is 53.1 Å². The Morgan fingerprint density at radius 2 is 1.75 bits per heavy atom. The third-order valence-corrected chi connectivity index (χ3v) is 5.18. The fourth-order valence-corrected chi connectivity index (χ4v) is 2.91. The van der Waals surface area contributed by atoms with Crippen LogP contribution in [-0.2, 0) is 4.74 Å². The van der Waals surface area contributed by atoms with E-state index in [1.807, 2.05) is 0 Å². The first-order chi connectivity index (χ1) is 11.1. The fourth-order valence-electron chi connectivity index (χ4n) is 2.91. The molecule has 1 aliphatic carbocycles. The van der Waals surface area contributed by atoms with E-state index in [2.05, 4.69) is 64.2 Å². The second-order valence-electron chi connectivity index (χ2n) is 6.84. The first-order valence-electron chi connectivity index (χ1n) is 8.98. The average Bonchev–Trinajstić information content (AvgIpc) is 2.60. The molecule has 0 fully saturated rings. The van der Waals surface area contributed by atoms with Crippen molar-refractivity contribution in [3.63, 3.8) is 0 Å². The maximum Gasteiger partial charge on any atom is 0.137 e. The lowest BCUT2D eigenvalue weighted by Gasteiger charge is -2.32. The van der Waals surface area contributed by atoms with Crippen LogP contribution in [0.3, 0.4) is 0 Å². The van der Waals surface area contributed by atoms with Gasteiger partial charge in [0.25, 0.3) is 0 Å². The quantitative estimate of drug-likeness (QED) is 0.390. The van der Waals surface area contributed by atoms with Gasteiger partial charge in [0.1, 0.15) is 18.9 Å². The first-order valence-corrected chi connectivity index (χ1v) is 8.98. The molecule has 0 unspecified atom stereocenters. The molecule has 0 saturated carbocycles. The van der Waals surface area contributed by atoms with Crippen molar-refractivity contribution >= 4 is 5.76 Å². The zero-order chi connectivity index (χ0) is 16.7. The van der Waals surface area contributed by atoms with Crippen LogP contribution in [0.2, 0.25) is 0 Å². The van der Waals surface area contributed by atoms with Gasteiger partial charge in [-0.3, -0.25) is 0 Å². The van der Waals surface area contributed by atoms with Crippen LogP contribution in [-0.4, -0.2) is 37.8 Å². The van der Waals surface area contributed by atoms with E-state index in [9.17, 15) is 0 Å². The number of ether oxygens (including phenoxy) is 1. The standard InChI is InChI=1S/C21H32NO.BrH/c1-5-22(4,6-2)16-17-23-21(19-10-8-7-9-11-19)20-14-12-18(3)13-15-20;/h7-8,12-15H,5-6,9-11,16-17H2,1-4H3;1H/q+1;/p-1/b21-19-;. The van der Waals surface area contributed by atoms with Crippen LogP contribution in [0.4, 0.5) is 0 Å². The molecular formula is C21H32BrNO. The van der Waals surface area contributed by atoms with Gasteiger partial charge < -0.3 is 26.2 Å². The number of aryl methyl sites for hydroxylation is 1. The molecule has 0 heterocycles. The Morgan fingerprint density at radius 1 is 1.08 bits per heavy atom. The van der Waals surface area contributed by atoms with Gasteiger partial charge in [0, 0.05) is 5.56 Å². The Balaban J connectivity index is 0.00000288. The molecule has 3 heteroatoms. The van der Waals surface area contributed by atoms with Crippen LogP contribution in [0.5, 0.6) is 0 Å². The first kappa shape index (κ1) is 21.0. The summed E-state index contributed by atoms with van der Waals surface area (Å²) in [5.74, 6) is 1.12. The number of quaternary nitrogens is 1. The van der Waals surface area contributed by atoms with Crippen molar-refractivity contribution in [1.29, 1.82) is 0 Å². The molecule has 1 aliphatic rings. The normalized spacial score (nSPS) is 16.5. The van der Waals surface area contributed by atoms with Crippen molar-refractivity contribution < 1.29 is 26.2 Å². The predicted octanol–water partition coefficient (Wildman–Crippen LogP) is 1.95. The summed E-state index contributed by atoms with van der Waals surface area (Å²) in [4.78, 5) is 0. The number of rotatable bonds is 7. The average molecular weight is 394 g/mol. The van der Waals surface area contributed by atoms with Gasteiger partial charge in [-0.1, -0.05) is 42.0 Å². The van der Waals surface area contributed by atoms with Crippen LogP contribution in [0, 0.1) is 6.92 Å². The SMILES string of the molecule is CC[N+](C)(CC)CCO/C(=C1/CC=CCC1)c1ccc(C)cc1.[Br-]. The number of nitrogens with zero attached hydrogens (tertiary/aromatic N) is 1. The molecule has 2 nitrogen and oxygen atoms in total. The summed E-state index contributed by atoms with van der Waals surface area (Å²) in [5, 5.41) is 0. The van der Waals surface area contributed by atoms with Crippen LogP contribution in [0.25, 0.3) is 5.76 Å². The van der Waals surface area contributed by atoms with E-state index in [4.69, 9.17) is 4.74 Å². The summed E-state index contributed by atoms with van der Waals surface area (Å²) in [6.45, 7) is 10.8. The summed E-state index contributed by atoms with van der Waals surface area (Å²) in [6, 6.07) is 8.75. The second-order valence-corrected chi connectivity index (χ2v) is 6.84. The predicted molar refractivity (Wildman–Crippen MR) is 99.2 cm³/mol. The molecule has 2 rings (SSSR count). The van der Waals surface area contributed by atoms with Gasteiger partial charge in [-0.15, -0.1) is 0 Å². The zero-order valence-corrected chi connectivity index (χ0v) is 17.2. The smallest absolute Gasteiger partial charge is 0.137 e. The van der Waals surface area contributed by atoms with Crippen LogP contribution in [0.15, 0.2) is 42.0 Å². The summed E-state index contributed by atoms with van der Waals surface area (Å²) >= 11 is 0. The molecule has 1 aromatic carbocycles. The Morgan fingerprint density at radius 3 is 2.29 bits per heavy atom. The topological polar surface area (TPSA) is 9.23 Å². The minimum Gasteiger partial charge on any atom is -1.00 e. The van der Waals surface area contributed by atoms with Gasteiger partial charge in [0.05, 0.1) is 20.1 Å². The number of benzene rings is 1. The minimum atomic E-state index is 0. The van der Waals surface area contributed by atoms with E-state index >= 15 is 0 Å². The van der Waals surface area contributed by atoms with E-state index < -0.39 is 0 Å². The lowest BCUT2D eigenvalue weighted by atomic mass is 9.96. The molecule has 0 bridgehead atoms. The highest BCUT2D eigenvalue weighted by Crippen LogP contribution is 2.29. The van der Waals surface area contributed by atoms with E-state index in [1.54, 1.807) is 0 Å². The molecule has 0 N–H and O–H groups in total. The number of likely N-dealkylation sites (N-methyl/N-ethyl adjacent to an activating group) is 1. The minimum absolute atomic E-state index is 0. The van der Waals surface area contributed by atoms with Crippen molar-refractivity contribution in [3.8, 4) is 0 Å². The maximum absolute atomic E-state index is 6.34. The van der Waals surface area contributed by atoms with E-state index in [0.29, 0.717) is 0 Å². The number of hydrogen-bond donors (Lipinski definition) is 0. The highest BCUT2D eigenvalue weighted by molar-refractivity contribution is 5.64. The molecule has 0 aliphatic heterocycles. The van der Waals surface area contributed by atoms with Gasteiger partial charge in [-0.2, -0.15) is 0 Å². The summed E-state index contributed by atoms with van der Waals surface area (Å²) in [7, 11) is 2.31. The molecule has 24 heavy (non-hydrogen) atoms. The number of halogens is 1. The third kappa shape index (κ3) is 5.78. The van der Waals surface area contributed by atoms with Gasteiger partial charge in [0.2, 0.25) is 0 Å². The molecule has 134 valence electrons. The van der Waals surface area contributed by atoms with Gasteiger partial charge >= 0.3 is 0 Å². The van der Waals surface area contributed by atoms with E-state index in [1.165, 1.54) is 16.7 Å². The molecule has 1 aromatic rings. The highest BCUT2D eigenvalue weighted by atomic mass is 79.9. The molecule has 0 atom stereocenters. The summed E-state index contributed by atoms with van der Waals surface area (Å²) < 4.78 is 7.40. The second kappa shape index (κ2) is 10.0. The molecular weight excluding hydrogens is 362 g/mol. The van der Waals surface area contributed by atoms with Crippen molar-refractivity contribution in [2.75, 3.05) is 33.3 Å². The van der Waals surface area contributed by atoms with Crippen LogP contribution < -0.4 is 17.0 Å².